The molecule has 1 N–H and O–H groups in total. The molecule has 2 aromatic rings. The predicted octanol–water partition coefficient (Wildman–Crippen LogP) is 3.93. The standard InChI is InChI=1S/C23H26ClN3O4S/c1-31-19-14-17(24)13-18(15-19)25-8-10-26(11-9-25)32-20-2-3-21-16(12-20)6-7-27(21)22(28)4-5-23(29)30/h2-3,12-15H,4-11H2,1H3,(H,29,30). The number of carbonyl (C=O) groups excluding carboxylic acids is 1. The number of hydrogen-bond donors (Lipinski definition) is 1. The van der Waals surface area contributed by atoms with Gasteiger partial charge in [0.05, 0.1) is 13.5 Å². The molecule has 2 aliphatic heterocycles. The minimum absolute atomic E-state index is 0.0358. The van der Waals surface area contributed by atoms with E-state index in [-0.39, 0.29) is 18.7 Å². The van der Waals surface area contributed by atoms with Crippen molar-refractivity contribution in [1.82, 2.24) is 4.31 Å². The van der Waals surface area contributed by atoms with Crippen LogP contribution in [0.5, 0.6) is 5.75 Å². The minimum atomic E-state index is -0.945. The highest BCUT2D eigenvalue weighted by Crippen LogP contribution is 2.34. The second kappa shape index (κ2) is 10.0. The zero-order chi connectivity index (χ0) is 22.7. The Kier molecular flexibility index (Phi) is 7.13. The van der Waals surface area contributed by atoms with Crippen molar-refractivity contribution in [2.24, 2.45) is 0 Å². The lowest BCUT2D eigenvalue weighted by molar-refractivity contribution is -0.138. The van der Waals surface area contributed by atoms with Crippen LogP contribution in [0, 0.1) is 0 Å². The molecule has 1 saturated heterocycles. The Labute approximate surface area is 197 Å². The topological polar surface area (TPSA) is 73.3 Å². The van der Waals surface area contributed by atoms with E-state index in [1.165, 1.54) is 0 Å². The number of anilines is 2. The summed E-state index contributed by atoms with van der Waals surface area (Å²) in [5, 5.41) is 9.49. The Hall–Kier alpha value is -2.42. The van der Waals surface area contributed by atoms with Crippen LogP contribution in [0.25, 0.3) is 0 Å². The maximum Gasteiger partial charge on any atom is 0.303 e. The van der Waals surface area contributed by atoms with Crippen molar-refractivity contribution < 1.29 is 19.4 Å². The Morgan fingerprint density at radius 3 is 2.56 bits per heavy atom. The number of fused-ring (bicyclic) bond motifs is 1. The number of hydrogen-bond acceptors (Lipinski definition) is 6. The van der Waals surface area contributed by atoms with E-state index in [1.807, 2.05) is 30.3 Å². The molecule has 0 radical (unpaired) electrons. The van der Waals surface area contributed by atoms with E-state index in [2.05, 4.69) is 15.3 Å². The first kappa shape index (κ1) is 22.8. The molecule has 2 aromatic carbocycles. The molecule has 0 saturated carbocycles. The van der Waals surface area contributed by atoms with Crippen LogP contribution in [0.1, 0.15) is 18.4 Å². The van der Waals surface area contributed by atoms with Gasteiger partial charge in [0.2, 0.25) is 5.91 Å². The number of rotatable bonds is 7. The van der Waals surface area contributed by atoms with Crippen molar-refractivity contribution in [3.05, 3.63) is 47.0 Å². The molecule has 0 atom stereocenters. The van der Waals surface area contributed by atoms with Gasteiger partial charge < -0.3 is 19.6 Å². The molecular formula is C23H26ClN3O4S. The zero-order valence-corrected chi connectivity index (χ0v) is 19.5. The van der Waals surface area contributed by atoms with E-state index in [1.54, 1.807) is 24.0 Å². The molecule has 4 rings (SSSR count). The van der Waals surface area contributed by atoms with Gasteiger partial charge in [-0.2, -0.15) is 0 Å². The van der Waals surface area contributed by atoms with Gasteiger partial charge in [-0.25, -0.2) is 4.31 Å². The Balaban J connectivity index is 1.34. The molecule has 170 valence electrons. The fourth-order valence-electron chi connectivity index (χ4n) is 4.08. The molecule has 0 aromatic heterocycles. The van der Waals surface area contributed by atoms with Crippen LogP contribution in [0.2, 0.25) is 5.02 Å². The molecule has 0 bridgehead atoms. The van der Waals surface area contributed by atoms with Crippen molar-refractivity contribution in [3.63, 3.8) is 0 Å². The summed E-state index contributed by atoms with van der Waals surface area (Å²) in [7, 11) is 1.64. The van der Waals surface area contributed by atoms with E-state index in [9.17, 15) is 9.59 Å². The van der Waals surface area contributed by atoms with Crippen molar-refractivity contribution in [2.75, 3.05) is 49.6 Å². The summed E-state index contributed by atoms with van der Waals surface area (Å²) in [5.74, 6) is -0.308. The second-order valence-electron chi connectivity index (χ2n) is 7.84. The van der Waals surface area contributed by atoms with Crippen LogP contribution in [-0.4, -0.2) is 61.1 Å². The number of carboxylic acids is 1. The van der Waals surface area contributed by atoms with Gasteiger partial charge in [-0.15, -0.1) is 0 Å². The van der Waals surface area contributed by atoms with Crippen LogP contribution in [0.4, 0.5) is 11.4 Å². The molecule has 9 heteroatoms. The first-order chi connectivity index (χ1) is 15.4. The minimum Gasteiger partial charge on any atom is -0.497 e. The maximum absolute atomic E-state index is 12.4. The highest BCUT2D eigenvalue weighted by Gasteiger charge is 2.26. The number of amides is 1. The van der Waals surface area contributed by atoms with Gasteiger partial charge in [0.25, 0.3) is 0 Å². The first-order valence-corrected chi connectivity index (χ1v) is 11.8. The molecule has 2 heterocycles. The van der Waals surface area contributed by atoms with E-state index in [0.29, 0.717) is 11.6 Å². The average molecular weight is 476 g/mol. The molecule has 0 unspecified atom stereocenters. The maximum atomic E-state index is 12.4. The molecule has 7 nitrogen and oxygen atoms in total. The van der Waals surface area contributed by atoms with Gasteiger partial charge in [-0.05, 0) is 54.3 Å². The summed E-state index contributed by atoms with van der Waals surface area (Å²) in [6.07, 6.45) is 0.702. The Bertz CT molecular complexity index is 1010. The summed E-state index contributed by atoms with van der Waals surface area (Å²) in [4.78, 5) is 28.3. The van der Waals surface area contributed by atoms with Crippen LogP contribution >= 0.6 is 23.5 Å². The van der Waals surface area contributed by atoms with Crippen molar-refractivity contribution >= 4 is 46.8 Å². The van der Waals surface area contributed by atoms with Gasteiger partial charge in [0.15, 0.2) is 0 Å². The molecular weight excluding hydrogens is 450 g/mol. The molecule has 1 amide bonds. The number of halogens is 1. The number of piperazine rings is 1. The van der Waals surface area contributed by atoms with Crippen LogP contribution in [0.15, 0.2) is 41.3 Å². The summed E-state index contributed by atoms with van der Waals surface area (Å²) in [6, 6.07) is 12.0. The van der Waals surface area contributed by atoms with E-state index in [0.717, 1.165) is 60.2 Å². The molecule has 0 aliphatic carbocycles. The van der Waals surface area contributed by atoms with Gasteiger partial charge in [0, 0.05) is 66.5 Å². The smallest absolute Gasteiger partial charge is 0.303 e. The lowest BCUT2D eigenvalue weighted by atomic mass is 10.2. The fraction of sp³-hybridized carbons (Fsp3) is 0.391. The third kappa shape index (κ3) is 5.31. The van der Waals surface area contributed by atoms with Crippen molar-refractivity contribution in [1.29, 1.82) is 0 Å². The molecule has 2 aliphatic rings. The lowest BCUT2D eigenvalue weighted by Gasteiger charge is -2.35. The normalized spacial score (nSPS) is 16.2. The largest absolute Gasteiger partial charge is 0.497 e. The number of benzene rings is 2. The number of ether oxygens (including phenoxy) is 1. The van der Waals surface area contributed by atoms with Crippen LogP contribution in [0.3, 0.4) is 0 Å². The first-order valence-electron chi connectivity index (χ1n) is 10.6. The third-order valence-electron chi connectivity index (χ3n) is 5.73. The van der Waals surface area contributed by atoms with Crippen molar-refractivity contribution in [3.8, 4) is 5.75 Å². The quantitative estimate of drug-likeness (QED) is 0.608. The monoisotopic (exact) mass is 475 g/mol. The van der Waals surface area contributed by atoms with E-state index in [4.69, 9.17) is 21.4 Å². The second-order valence-corrected chi connectivity index (χ2v) is 9.44. The molecule has 1 fully saturated rings. The highest BCUT2D eigenvalue weighted by molar-refractivity contribution is 7.97. The average Bonchev–Trinajstić information content (AvgIpc) is 3.21. The number of methoxy groups -OCH3 is 1. The van der Waals surface area contributed by atoms with Gasteiger partial charge in [-0.1, -0.05) is 11.6 Å². The summed E-state index contributed by atoms with van der Waals surface area (Å²) in [5.41, 5.74) is 3.12. The predicted molar refractivity (Wildman–Crippen MR) is 127 cm³/mol. The van der Waals surface area contributed by atoms with Gasteiger partial charge in [0.1, 0.15) is 5.75 Å². The highest BCUT2D eigenvalue weighted by atomic mass is 35.5. The zero-order valence-electron chi connectivity index (χ0n) is 17.9. The number of nitrogens with zero attached hydrogens (tertiary/aromatic N) is 3. The van der Waals surface area contributed by atoms with Gasteiger partial charge >= 0.3 is 5.97 Å². The van der Waals surface area contributed by atoms with Crippen molar-refractivity contribution in [2.45, 2.75) is 24.2 Å². The molecule has 0 spiro atoms. The number of aliphatic carboxylic acids is 1. The summed E-state index contributed by atoms with van der Waals surface area (Å²) < 4.78 is 7.69. The summed E-state index contributed by atoms with van der Waals surface area (Å²) in [6.45, 7) is 4.23. The third-order valence-corrected chi connectivity index (χ3v) is 7.04. The molecule has 32 heavy (non-hydrogen) atoms. The van der Waals surface area contributed by atoms with Crippen LogP contribution in [-0.2, 0) is 16.0 Å². The number of carbonyl (C=O) groups is 2. The number of carboxylic acid groups (broad SMARTS) is 1. The summed E-state index contributed by atoms with van der Waals surface area (Å²) >= 11 is 7.96. The Morgan fingerprint density at radius 2 is 1.84 bits per heavy atom. The van der Waals surface area contributed by atoms with Gasteiger partial charge in [-0.3, -0.25) is 9.59 Å². The van der Waals surface area contributed by atoms with Crippen LogP contribution < -0.4 is 14.5 Å². The lowest BCUT2D eigenvalue weighted by Crippen LogP contribution is -2.43. The van der Waals surface area contributed by atoms with E-state index < -0.39 is 5.97 Å². The Morgan fingerprint density at radius 1 is 1.06 bits per heavy atom. The fourth-order valence-corrected chi connectivity index (χ4v) is 5.27. The SMILES string of the molecule is COc1cc(Cl)cc(N2CCN(Sc3ccc4c(c3)CCN4C(=O)CCC(=O)O)CC2)c1. The van der Waals surface area contributed by atoms with E-state index >= 15 is 0 Å².